The number of carbonyl (C=O) groups is 1. The van der Waals surface area contributed by atoms with E-state index in [-0.39, 0.29) is 10.7 Å². The van der Waals surface area contributed by atoms with Crippen molar-refractivity contribution in [2.24, 2.45) is 5.92 Å². The molecule has 0 N–H and O–H groups in total. The molecule has 4 nitrogen and oxygen atoms in total. The van der Waals surface area contributed by atoms with Crippen LogP contribution in [-0.4, -0.2) is 31.6 Å². The van der Waals surface area contributed by atoms with Crippen LogP contribution in [-0.2, 0) is 10.0 Å². The lowest BCUT2D eigenvalue weighted by Crippen LogP contribution is -2.34. The highest BCUT2D eigenvalue weighted by Gasteiger charge is 2.24. The third kappa shape index (κ3) is 3.90. The Labute approximate surface area is 121 Å². The third-order valence-corrected chi connectivity index (χ3v) is 5.38. The van der Waals surface area contributed by atoms with E-state index in [1.165, 1.54) is 17.3 Å². The standard InChI is InChI=1S/C15H23NO3S/c1-5-12(3)11-16(6-2)20(18,19)15-9-7-8-14(10-15)13(4)17/h7-10,12H,5-6,11H2,1-4H3. The molecule has 1 aromatic carbocycles. The van der Waals surface area contributed by atoms with E-state index in [9.17, 15) is 13.2 Å². The first-order chi connectivity index (χ1) is 9.32. The molecule has 5 heteroatoms. The van der Waals surface area contributed by atoms with Gasteiger partial charge in [-0.05, 0) is 25.0 Å². The van der Waals surface area contributed by atoms with Gasteiger partial charge in [0.25, 0.3) is 0 Å². The van der Waals surface area contributed by atoms with Gasteiger partial charge in [0, 0.05) is 18.7 Å². The van der Waals surface area contributed by atoms with Crippen LogP contribution in [0.1, 0.15) is 44.5 Å². The number of benzene rings is 1. The Morgan fingerprint density at radius 3 is 2.45 bits per heavy atom. The van der Waals surface area contributed by atoms with Crippen molar-refractivity contribution in [3.63, 3.8) is 0 Å². The number of Topliss-reactive ketones (excluding diaryl/α,β-unsaturated/α-hetero) is 1. The Morgan fingerprint density at radius 1 is 1.30 bits per heavy atom. The van der Waals surface area contributed by atoms with Crippen molar-refractivity contribution in [3.05, 3.63) is 29.8 Å². The van der Waals surface area contributed by atoms with Gasteiger partial charge in [0.15, 0.2) is 5.78 Å². The van der Waals surface area contributed by atoms with Gasteiger partial charge in [-0.15, -0.1) is 0 Å². The third-order valence-electron chi connectivity index (χ3n) is 3.44. The molecule has 0 bridgehead atoms. The summed E-state index contributed by atoms with van der Waals surface area (Å²) in [7, 11) is -3.53. The van der Waals surface area contributed by atoms with E-state index in [2.05, 4.69) is 0 Å². The Balaban J connectivity index is 3.13. The van der Waals surface area contributed by atoms with Gasteiger partial charge in [-0.1, -0.05) is 39.3 Å². The van der Waals surface area contributed by atoms with Crippen LogP contribution >= 0.6 is 0 Å². The maximum absolute atomic E-state index is 12.6. The summed E-state index contributed by atoms with van der Waals surface area (Å²) in [6.45, 7) is 8.26. The molecule has 0 saturated carbocycles. The molecule has 0 aliphatic rings. The lowest BCUT2D eigenvalue weighted by atomic mass is 10.1. The minimum atomic E-state index is -3.53. The van der Waals surface area contributed by atoms with Gasteiger partial charge in [0.05, 0.1) is 4.90 Å². The Morgan fingerprint density at radius 2 is 1.95 bits per heavy atom. The molecule has 0 aliphatic heterocycles. The maximum atomic E-state index is 12.6. The second kappa shape index (κ2) is 6.99. The van der Waals surface area contributed by atoms with Gasteiger partial charge < -0.3 is 0 Å². The summed E-state index contributed by atoms with van der Waals surface area (Å²) < 4.78 is 26.7. The molecule has 0 heterocycles. The van der Waals surface area contributed by atoms with Gasteiger partial charge in [-0.25, -0.2) is 8.42 Å². The van der Waals surface area contributed by atoms with E-state index < -0.39 is 10.0 Å². The average molecular weight is 297 g/mol. The second-order valence-corrected chi connectivity index (χ2v) is 6.99. The lowest BCUT2D eigenvalue weighted by molar-refractivity contribution is 0.101. The maximum Gasteiger partial charge on any atom is 0.243 e. The van der Waals surface area contributed by atoms with Crippen LogP contribution in [0.25, 0.3) is 0 Å². The van der Waals surface area contributed by atoms with E-state index in [1.54, 1.807) is 18.2 Å². The van der Waals surface area contributed by atoms with Gasteiger partial charge in [-0.3, -0.25) is 4.79 Å². The van der Waals surface area contributed by atoms with Crippen LogP contribution in [0.4, 0.5) is 0 Å². The first kappa shape index (κ1) is 16.9. The molecule has 0 radical (unpaired) electrons. The predicted octanol–water partition coefficient (Wildman–Crippen LogP) is 2.95. The molecule has 1 atom stereocenters. The summed E-state index contributed by atoms with van der Waals surface area (Å²) in [6, 6.07) is 6.24. The summed E-state index contributed by atoms with van der Waals surface area (Å²) in [4.78, 5) is 11.6. The van der Waals surface area contributed by atoms with Gasteiger partial charge in [0.1, 0.15) is 0 Å². The van der Waals surface area contributed by atoms with Crippen molar-refractivity contribution in [2.75, 3.05) is 13.1 Å². The molecular formula is C15H23NO3S. The molecule has 0 aliphatic carbocycles. The number of nitrogens with zero attached hydrogens (tertiary/aromatic N) is 1. The fraction of sp³-hybridized carbons (Fsp3) is 0.533. The summed E-state index contributed by atoms with van der Waals surface area (Å²) in [5, 5.41) is 0. The first-order valence-electron chi connectivity index (χ1n) is 6.94. The summed E-state index contributed by atoms with van der Waals surface area (Å²) in [5.41, 5.74) is 0.422. The van der Waals surface area contributed by atoms with Crippen LogP contribution in [0.3, 0.4) is 0 Å². The average Bonchev–Trinajstić information content (AvgIpc) is 2.44. The molecule has 1 aromatic rings. The van der Waals surface area contributed by atoms with Crippen molar-refractivity contribution in [1.29, 1.82) is 0 Å². The van der Waals surface area contributed by atoms with Crippen molar-refractivity contribution in [2.45, 2.75) is 39.0 Å². The first-order valence-corrected chi connectivity index (χ1v) is 8.38. The molecule has 0 fully saturated rings. The van der Waals surface area contributed by atoms with Crippen LogP contribution < -0.4 is 0 Å². The molecule has 0 amide bonds. The molecule has 0 aromatic heterocycles. The molecule has 0 spiro atoms. The normalized spacial score (nSPS) is 13.4. The van der Waals surface area contributed by atoms with E-state index in [0.717, 1.165) is 6.42 Å². The van der Waals surface area contributed by atoms with E-state index in [1.807, 2.05) is 20.8 Å². The number of ketones is 1. The zero-order chi connectivity index (χ0) is 15.3. The van der Waals surface area contributed by atoms with Crippen molar-refractivity contribution in [1.82, 2.24) is 4.31 Å². The zero-order valence-electron chi connectivity index (χ0n) is 12.6. The molecule has 20 heavy (non-hydrogen) atoms. The number of carbonyl (C=O) groups excluding carboxylic acids is 1. The Bertz CT molecular complexity index is 566. The van der Waals surface area contributed by atoms with E-state index in [4.69, 9.17) is 0 Å². The second-order valence-electron chi connectivity index (χ2n) is 5.05. The van der Waals surface area contributed by atoms with Crippen LogP contribution in [0.2, 0.25) is 0 Å². The van der Waals surface area contributed by atoms with E-state index >= 15 is 0 Å². The largest absolute Gasteiger partial charge is 0.295 e. The van der Waals surface area contributed by atoms with Gasteiger partial charge >= 0.3 is 0 Å². The highest BCUT2D eigenvalue weighted by molar-refractivity contribution is 7.89. The topological polar surface area (TPSA) is 54.5 Å². The Hall–Kier alpha value is -1.20. The zero-order valence-corrected chi connectivity index (χ0v) is 13.4. The van der Waals surface area contributed by atoms with Gasteiger partial charge in [0.2, 0.25) is 10.0 Å². The molecule has 0 saturated heterocycles. The fourth-order valence-electron chi connectivity index (χ4n) is 1.90. The van der Waals surface area contributed by atoms with Crippen molar-refractivity contribution < 1.29 is 13.2 Å². The summed E-state index contributed by atoms with van der Waals surface area (Å²) in [6.07, 6.45) is 0.930. The quantitative estimate of drug-likeness (QED) is 0.727. The predicted molar refractivity (Wildman–Crippen MR) is 80.3 cm³/mol. The van der Waals surface area contributed by atoms with Crippen molar-refractivity contribution in [3.8, 4) is 0 Å². The van der Waals surface area contributed by atoms with Crippen molar-refractivity contribution >= 4 is 15.8 Å². The molecule has 1 unspecified atom stereocenters. The highest BCUT2D eigenvalue weighted by atomic mass is 32.2. The summed E-state index contributed by atoms with van der Waals surface area (Å²) in [5.74, 6) is 0.174. The Kier molecular flexibility index (Phi) is 5.89. The van der Waals surface area contributed by atoms with Gasteiger partial charge in [-0.2, -0.15) is 4.31 Å². The van der Waals surface area contributed by atoms with Crippen LogP contribution in [0.15, 0.2) is 29.2 Å². The number of sulfonamides is 1. The minimum Gasteiger partial charge on any atom is -0.295 e. The molecule has 112 valence electrons. The monoisotopic (exact) mass is 297 g/mol. The minimum absolute atomic E-state index is 0.132. The highest BCUT2D eigenvalue weighted by Crippen LogP contribution is 2.19. The summed E-state index contributed by atoms with van der Waals surface area (Å²) >= 11 is 0. The van der Waals surface area contributed by atoms with Crippen LogP contribution in [0, 0.1) is 5.92 Å². The molecular weight excluding hydrogens is 274 g/mol. The fourth-order valence-corrected chi connectivity index (χ4v) is 3.51. The number of rotatable bonds is 7. The molecule has 1 rings (SSSR count). The smallest absolute Gasteiger partial charge is 0.243 e. The number of hydrogen-bond acceptors (Lipinski definition) is 3. The SMILES string of the molecule is CCC(C)CN(CC)S(=O)(=O)c1cccc(C(C)=O)c1. The number of hydrogen-bond donors (Lipinski definition) is 0. The lowest BCUT2D eigenvalue weighted by Gasteiger charge is -2.23. The van der Waals surface area contributed by atoms with Crippen LogP contribution in [0.5, 0.6) is 0 Å². The van der Waals surface area contributed by atoms with E-state index in [0.29, 0.717) is 24.6 Å².